The molecule has 118 valence electrons. The van der Waals surface area contributed by atoms with Crippen LogP contribution in [0.25, 0.3) is 16.9 Å². The van der Waals surface area contributed by atoms with E-state index < -0.39 is 17.7 Å². The molecule has 0 radical (unpaired) electrons. The third kappa shape index (κ3) is 2.52. The molecular formula is C15H10F3N3O2. The van der Waals surface area contributed by atoms with Gasteiger partial charge >= 0.3 is 12.1 Å². The topological polar surface area (TPSA) is 67.5 Å². The van der Waals surface area contributed by atoms with Crippen LogP contribution >= 0.6 is 0 Å². The molecule has 0 fully saturated rings. The van der Waals surface area contributed by atoms with Gasteiger partial charge in [-0.2, -0.15) is 18.3 Å². The Morgan fingerprint density at radius 1 is 1.26 bits per heavy atom. The van der Waals surface area contributed by atoms with Crippen LogP contribution in [0.15, 0.2) is 36.5 Å². The van der Waals surface area contributed by atoms with Crippen molar-refractivity contribution in [3.05, 3.63) is 53.3 Å². The van der Waals surface area contributed by atoms with Gasteiger partial charge in [-0.15, -0.1) is 0 Å². The van der Waals surface area contributed by atoms with Crippen molar-refractivity contribution in [3.63, 3.8) is 0 Å². The molecule has 3 rings (SSSR count). The molecule has 3 aromatic rings. The molecule has 0 aliphatic heterocycles. The summed E-state index contributed by atoms with van der Waals surface area (Å²) < 4.78 is 40.6. The first-order valence-electron chi connectivity index (χ1n) is 6.54. The smallest absolute Gasteiger partial charge is 0.417 e. The number of carboxylic acids is 1. The van der Waals surface area contributed by atoms with Gasteiger partial charge in [-0.3, -0.25) is 0 Å². The van der Waals surface area contributed by atoms with Crippen molar-refractivity contribution in [3.8, 4) is 11.3 Å². The first-order valence-corrected chi connectivity index (χ1v) is 6.54. The van der Waals surface area contributed by atoms with E-state index in [9.17, 15) is 18.0 Å². The lowest BCUT2D eigenvalue weighted by Gasteiger charge is -2.14. The first kappa shape index (κ1) is 15.0. The molecule has 0 amide bonds. The maximum atomic E-state index is 13.2. The number of aromatic carboxylic acids is 1. The van der Waals surface area contributed by atoms with Gasteiger partial charge in [0.15, 0.2) is 11.3 Å². The minimum atomic E-state index is -4.54. The number of aryl methyl sites for hydroxylation is 1. The zero-order chi connectivity index (χ0) is 16.8. The largest absolute Gasteiger partial charge is 0.476 e. The van der Waals surface area contributed by atoms with Crippen molar-refractivity contribution in [2.75, 3.05) is 0 Å². The number of carbonyl (C=O) groups is 1. The molecule has 0 saturated heterocycles. The minimum absolute atomic E-state index is 0.0610. The van der Waals surface area contributed by atoms with Crippen LogP contribution in [0.2, 0.25) is 0 Å². The molecule has 0 spiro atoms. The summed E-state index contributed by atoms with van der Waals surface area (Å²) in [5, 5.41) is 13.2. The van der Waals surface area contributed by atoms with Crippen molar-refractivity contribution >= 4 is 11.6 Å². The molecule has 23 heavy (non-hydrogen) atoms. The number of fused-ring (bicyclic) bond motifs is 1. The number of halogens is 3. The standard InChI is InChI=1S/C15H10F3N3O2/c1-8-6-12-19-7-11(14(22)23)21(12)20-13(8)9-4-2-3-5-10(9)15(16,17)18/h2-7H,1H3,(H,22,23). The monoisotopic (exact) mass is 321 g/mol. The molecule has 2 aromatic heterocycles. The summed E-state index contributed by atoms with van der Waals surface area (Å²) >= 11 is 0. The second-order valence-electron chi connectivity index (χ2n) is 4.94. The van der Waals surface area contributed by atoms with Crippen molar-refractivity contribution < 1.29 is 23.1 Å². The van der Waals surface area contributed by atoms with Crippen LogP contribution in [0.5, 0.6) is 0 Å². The van der Waals surface area contributed by atoms with E-state index in [1.165, 1.54) is 24.3 Å². The normalized spacial score (nSPS) is 11.8. The molecule has 0 saturated carbocycles. The number of rotatable bonds is 2. The number of benzene rings is 1. The summed E-state index contributed by atoms with van der Waals surface area (Å²) in [6.45, 7) is 1.60. The average Bonchev–Trinajstić information content (AvgIpc) is 2.88. The van der Waals surface area contributed by atoms with E-state index in [2.05, 4.69) is 10.1 Å². The van der Waals surface area contributed by atoms with Gasteiger partial charge in [0.05, 0.1) is 17.5 Å². The minimum Gasteiger partial charge on any atom is -0.476 e. The molecule has 0 unspecified atom stereocenters. The first-order chi connectivity index (χ1) is 10.8. The summed E-state index contributed by atoms with van der Waals surface area (Å²) in [5.41, 5.74) is -0.363. The van der Waals surface area contributed by atoms with Crippen LogP contribution < -0.4 is 0 Å². The van der Waals surface area contributed by atoms with Crippen molar-refractivity contribution in [1.29, 1.82) is 0 Å². The highest BCUT2D eigenvalue weighted by Crippen LogP contribution is 2.37. The molecule has 2 heterocycles. The van der Waals surface area contributed by atoms with E-state index in [4.69, 9.17) is 5.11 Å². The van der Waals surface area contributed by atoms with Crippen molar-refractivity contribution in [2.45, 2.75) is 13.1 Å². The highest BCUT2D eigenvalue weighted by molar-refractivity contribution is 5.86. The molecule has 1 aromatic carbocycles. The highest BCUT2D eigenvalue weighted by Gasteiger charge is 2.34. The van der Waals surface area contributed by atoms with E-state index in [-0.39, 0.29) is 22.6 Å². The van der Waals surface area contributed by atoms with Crippen LogP contribution in [-0.4, -0.2) is 25.7 Å². The van der Waals surface area contributed by atoms with Gasteiger partial charge in [-0.25, -0.2) is 14.3 Å². The summed E-state index contributed by atoms with van der Waals surface area (Å²) in [6, 6.07) is 6.54. The summed E-state index contributed by atoms with van der Waals surface area (Å²) in [5.74, 6) is -1.26. The Morgan fingerprint density at radius 2 is 1.96 bits per heavy atom. The van der Waals surface area contributed by atoms with Gasteiger partial charge in [-0.1, -0.05) is 18.2 Å². The van der Waals surface area contributed by atoms with Crippen LogP contribution in [0.3, 0.4) is 0 Å². The number of carboxylic acid groups (broad SMARTS) is 1. The number of imidazole rings is 1. The van der Waals surface area contributed by atoms with E-state index in [0.29, 0.717) is 5.56 Å². The van der Waals surface area contributed by atoms with Gasteiger partial charge < -0.3 is 5.11 Å². The molecule has 5 nitrogen and oxygen atoms in total. The van der Waals surface area contributed by atoms with Crippen molar-refractivity contribution in [2.24, 2.45) is 0 Å². The van der Waals surface area contributed by atoms with Crippen LogP contribution in [0, 0.1) is 6.92 Å². The molecule has 0 atom stereocenters. The van der Waals surface area contributed by atoms with Gasteiger partial charge in [0, 0.05) is 5.56 Å². The Hall–Kier alpha value is -2.90. The lowest BCUT2D eigenvalue weighted by Crippen LogP contribution is -2.10. The van der Waals surface area contributed by atoms with E-state index in [1.54, 1.807) is 6.92 Å². The Balaban J connectivity index is 2.31. The quantitative estimate of drug-likeness (QED) is 0.785. The van der Waals surface area contributed by atoms with Gasteiger partial charge in [0.25, 0.3) is 0 Å². The maximum absolute atomic E-state index is 13.2. The average molecular weight is 321 g/mol. The maximum Gasteiger partial charge on any atom is 0.417 e. The second kappa shape index (κ2) is 5.08. The van der Waals surface area contributed by atoms with E-state index in [1.807, 2.05) is 0 Å². The predicted octanol–water partition coefficient (Wildman–Crippen LogP) is 3.42. The van der Waals surface area contributed by atoms with Gasteiger partial charge in [-0.05, 0) is 24.6 Å². The van der Waals surface area contributed by atoms with Gasteiger partial charge in [0.1, 0.15) is 0 Å². The molecule has 0 bridgehead atoms. The number of nitrogens with zero attached hydrogens (tertiary/aromatic N) is 3. The fraction of sp³-hybridized carbons (Fsp3) is 0.133. The van der Waals surface area contributed by atoms with Gasteiger partial charge in [0.2, 0.25) is 0 Å². The van der Waals surface area contributed by atoms with E-state index in [0.717, 1.165) is 16.8 Å². The molecule has 0 aliphatic carbocycles. The third-order valence-corrected chi connectivity index (χ3v) is 3.39. The molecule has 0 aliphatic rings. The SMILES string of the molecule is Cc1cc2ncc(C(=O)O)n2nc1-c1ccccc1C(F)(F)F. The number of alkyl halides is 3. The number of aromatic nitrogens is 3. The Labute approximate surface area is 128 Å². The molecule has 1 N–H and O–H groups in total. The number of hydrogen-bond acceptors (Lipinski definition) is 3. The Morgan fingerprint density at radius 3 is 2.61 bits per heavy atom. The molecular weight excluding hydrogens is 311 g/mol. The Kier molecular flexibility index (Phi) is 3.32. The highest BCUT2D eigenvalue weighted by atomic mass is 19.4. The van der Waals surface area contributed by atoms with Crippen molar-refractivity contribution in [1.82, 2.24) is 14.6 Å². The third-order valence-electron chi connectivity index (χ3n) is 3.39. The van der Waals surface area contributed by atoms with Crippen LogP contribution in [-0.2, 0) is 6.18 Å². The van der Waals surface area contributed by atoms with E-state index >= 15 is 0 Å². The number of hydrogen-bond donors (Lipinski definition) is 1. The Bertz CT molecular complexity index is 916. The summed E-state index contributed by atoms with van der Waals surface area (Å²) in [6.07, 6.45) is -3.42. The second-order valence-corrected chi connectivity index (χ2v) is 4.94. The van der Waals surface area contributed by atoms with Crippen LogP contribution in [0.4, 0.5) is 13.2 Å². The lowest BCUT2D eigenvalue weighted by atomic mass is 10.0. The zero-order valence-corrected chi connectivity index (χ0v) is 11.8. The predicted molar refractivity (Wildman–Crippen MR) is 75.1 cm³/mol. The fourth-order valence-corrected chi connectivity index (χ4v) is 2.35. The summed E-state index contributed by atoms with van der Waals surface area (Å²) in [7, 11) is 0. The zero-order valence-electron chi connectivity index (χ0n) is 11.8. The fourth-order valence-electron chi connectivity index (χ4n) is 2.35. The lowest BCUT2D eigenvalue weighted by molar-refractivity contribution is -0.137. The van der Waals surface area contributed by atoms with Crippen LogP contribution in [0.1, 0.15) is 21.6 Å². The summed E-state index contributed by atoms with van der Waals surface area (Å²) in [4.78, 5) is 15.1. The molecule has 8 heteroatoms.